The molecule has 94 valence electrons. The molecular formula is C15H29N. The molecule has 1 heterocycles. The first-order valence-electron chi connectivity index (χ1n) is 7.32. The first kappa shape index (κ1) is 12.4. The van der Waals surface area contributed by atoms with Crippen LogP contribution in [0.15, 0.2) is 0 Å². The van der Waals surface area contributed by atoms with Gasteiger partial charge in [-0.1, -0.05) is 33.6 Å². The molecule has 0 amide bonds. The maximum atomic E-state index is 2.69. The average Bonchev–Trinajstić information content (AvgIpc) is 2.18. The van der Waals surface area contributed by atoms with Crippen LogP contribution in [0, 0.1) is 17.3 Å². The lowest BCUT2D eigenvalue weighted by Gasteiger charge is -2.53. The van der Waals surface area contributed by atoms with E-state index in [1.54, 1.807) is 0 Å². The highest BCUT2D eigenvalue weighted by Crippen LogP contribution is 2.45. The molecule has 1 heteroatoms. The number of hydrogen-bond acceptors (Lipinski definition) is 1. The van der Waals surface area contributed by atoms with Gasteiger partial charge in [0.1, 0.15) is 0 Å². The zero-order valence-corrected chi connectivity index (χ0v) is 11.5. The Morgan fingerprint density at radius 2 is 1.81 bits per heavy atom. The van der Waals surface area contributed by atoms with Gasteiger partial charge in [0, 0.05) is 13.1 Å². The van der Waals surface area contributed by atoms with Crippen molar-refractivity contribution in [1.29, 1.82) is 0 Å². The summed E-state index contributed by atoms with van der Waals surface area (Å²) in [4.78, 5) is 2.69. The lowest BCUT2D eigenvalue weighted by atomic mass is 9.66. The molecule has 0 unspecified atom stereocenters. The highest BCUT2D eigenvalue weighted by molar-refractivity contribution is 4.97. The average molecular weight is 223 g/mol. The zero-order valence-electron chi connectivity index (χ0n) is 11.5. The summed E-state index contributed by atoms with van der Waals surface area (Å²) in [5, 5.41) is 0. The summed E-state index contributed by atoms with van der Waals surface area (Å²) >= 11 is 0. The van der Waals surface area contributed by atoms with Crippen LogP contribution in [0.25, 0.3) is 0 Å². The Hall–Kier alpha value is -0.0400. The number of rotatable bonds is 4. The summed E-state index contributed by atoms with van der Waals surface area (Å²) < 4.78 is 0. The summed E-state index contributed by atoms with van der Waals surface area (Å²) in [6, 6.07) is 0. The smallest absolute Gasteiger partial charge is 0.00505 e. The molecule has 0 radical (unpaired) electrons. The molecule has 0 aromatic heterocycles. The van der Waals surface area contributed by atoms with E-state index in [0.717, 1.165) is 17.3 Å². The summed E-state index contributed by atoms with van der Waals surface area (Å²) in [7, 11) is 0. The topological polar surface area (TPSA) is 3.24 Å². The van der Waals surface area contributed by atoms with Crippen LogP contribution in [0.4, 0.5) is 0 Å². The first-order valence-corrected chi connectivity index (χ1v) is 7.32. The van der Waals surface area contributed by atoms with Crippen molar-refractivity contribution in [2.24, 2.45) is 17.3 Å². The van der Waals surface area contributed by atoms with Gasteiger partial charge in [0.25, 0.3) is 0 Å². The largest absolute Gasteiger partial charge is 0.302 e. The fourth-order valence-corrected chi connectivity index (χ4v) is 3.47. The van der Waals surface area contributed by atoms with E-state index in [-0.39, 0.29) is 0 Å². The van der Waals surface area contributed by atoms with Gasteiger partial charge in [0.05, 0.1) is 0 Å². The fraction of sp³-hybridized carbons (Fsp3) is 1.00. The lowest BCUT2D eigenvalue weighted by Crippen LogP contribution is -2.57. The molecule has 1 saturated carbocycles. The molecule has 2 fully saturated rings. The molecule has 1 saturated heterocycles. The molecule has 0 aromatic carbocycles. The second-order valence-corrected chi connectivity index (χ2v) is 6.93. The van der Waals surface area contributed by atoms with Crippen LogP contribution in [-0.4, -0.2) is 24.5 Å². The van der Waals surface area contributed by atoms with E-state index in [9.17, 15) is 0 Å². The summed E-state index contributed by atoms with van der Waals surface area (Å²) in [6.07, 6.45) is 8.80. The van der Waals surface area contributed by atoms with Gasteiger partial charge >= 0.3 is 0 Å². The van der Waals surface area contributed by atoms with Crippen molar-refractivity contribution in [3.05, 3.63) is 0 Å². The minimum absolute atomic E-state index is 0.768. The van der Waals surface area contributed by atoms with Crippen molar-refractivity contribution >= 4 is 0 Å². The van der Waals surface area contributed by atoms with E-state index in [1.165, 1.54) is 58.2 Å². The van der Waals surface area contributed by atoms with Crippen molar-refractivity contribution in [3.8, 4) is 0 Å². The number of nitrogens with zero attached hydrogens (tertiary/aromatic N) is 1. The van der Waals surface area contributed by atoms with E-state index >= 15 is 0 Å². The predicted molar refractivity (Wildman–Crippen MR) is 70.6 cm³/mol. The molecule has 1 aliphatic carbocycles. The minimum Gasteiger partial charge on any atom is -0.302 e. The van der Waals surface area contributed by atoms with E-state index in [0.29, 0.717) is 0 Å². The Labute approximate surface area is 102 Å². The van der Waals surface area contributed by atoms with E-state index in [2.05, 4.69) is 25.7 Å². The number of hydrogen-bond donors (Lipinski definition) is 0. The van der Waals surface area contributed by atoms with Crippen LogP contribution in [-0.2, 0) is 0 Å². The lowest BCUT2D eigenvalue weighted by molar-refractivity contribution is -0.0371. The van der Waals surface area contributed by atoms with Crippen LogP contribution in [0.3, 0.4) is 0 Å². The Balaban J connectivity index is 1.62. The maximum absolute atomic E-state index is 2.69. The van der Waals surface area contributed by atoms with Crippen molar-refractivity contribution in [1.82, 2.24) is 4.90 Å². The van der Waals surface area contributed by atoms with Gasteiger partial charge in [-0.25, -0.2) is 0 Å². The van der Waals surface area contributed by atoms with Gasteiger partial charge in [0.2, 0.25) is 0 Å². The summed E-state index contributed by atoms with van der Waals surface area (Å²) in [5.41, 5.74) is 0.768. The quantitative estimate of drug-likeness (QED) is 0.698. The second kappa shape index (κ2) is 5.08. The van der Waals surface area contributed by atoms with Crippen molar-refractivity contribution in [3.63, 3.8) is 0 Å². The van der Waals surface area contributed by atoms with E-state index in [4.69, 9.17) is 0 Å². The van der Waals surface area contributed by atoms with Gasteiger partial charge in [-0.3, -0.25) is 0 Å². The Bertz CT molecular complexity index is 205. The molecule has 0 aromatic rings. The Morgan fingerprint density at radius 1 is 1.19 bits per heavy atom. The van der Waals surface area contributed by atoms with Gasteiger partial charge in [-0.2, -0.15) is 0 Å². The second-order valence-electron chi connectivity index (χ2n) is 6.93. The molecule has 1 aliphatic heterocycles. The first-order chi connectivity index (χ1) is 7.60. The van der Waals surface area contributed by atoms with Gasteiger partial charge in [0.15, 0.2) is 0 Å². The normalized spacial score (nSPS) is 26.2. The number of likely N-dealkylation sites (tertiary alicyclic amines) is 1. The highest BCUT2D eigenvalue weighted by Gasteiger charge is 2.43. The third-order valence-electron chi connectivity index (χ3n) is 4.71. The van der Waals surface area contributed by atoms with Gasteiger partial charge < -0.3 is 4.90 Å². The molecule has 0 bridgehead atoms. The molecular weight excluding hydrogens is 194 g/mol. The Morgan fingerprint density at radius 3 is 2.38 bits per heavy atom. The Kier molecular flexibility index (Phi) is 3.94. The predicted octanol–water partition coefficient (Wildman–Crippen LogP) is 3.93. The molecule has 1 spiro atoms. The third kappa shape index (κ3) is 3.00. The molecule has 0 atom stereocenters. The zero-order chi connectivity index (χ0) is 11.6. The van der Waals surface area contributed by atoms with Crippen molar-refractivity contribution in [2.75, 3.05) is 19.6 Å². The van der Waals surface area contributed by atoms with Crippen molar-refractivity contribution in [2.45, 2.75) is 59.3 Å². The van der Waals surface area contributed by atoms with E-state index in [1.807, 2.05) is 0 Å². The van der Waals surface area contributed by atoms with Crippen LogP contribution in [0.2, 0.25) is 0 Å². The van der Waals surface area contributed by atoms with Gasteiger partial charge in [-0.15, -0.1) is 0 Å². The monoisotopic (exact) mass is 223 g/mol. The molecule has 1 nitrogen and oxygen atoms in total. The molecule has 16 heavy (non-hydrogen) atoms. The maximum Gasteiger partial charge on any atom is 0.00505 e. The minimum atomic E-state index is 0.768. The fourth-order valence-electron chi connectivity index (χ4n) is 3.47. The third-order valence-corrected chi connectivity index (χ3v) is 4.71. The van der Waals surface area contributed by atoms with Crippen LogP contribution in [0.5, 0.6) is 0 Å². The van der Waals surface area contributed by atoms with Crippen LogP contribution >= 0.6 is 0 Å². The van der Waals surface area contributed by atoms with Crippen molar-refractivity contribution < 1.29 is 0 Å². The van der Waals surface area contributed by atoms with Gasteiger partial charge in [-0.05, 0) is 49.5 Å². The molecule has 0 N–H and O–H groups in total. The standard InChI is InChI=1S/C15H29N/c1-13(2)5-4-10-16-11-15(12-16)8-6-14(3)7-9-15/h13-14H,4-12H2,1-3H3. The molecule has 2 aliphatic rings. The SMILES string of the molecule is CC(C)CCCN1CC2(CCC(C)CC2)C1. The van der Waals surface area contributed by atoms with Crippen LogP contribution < -0.4 is 0 Å². The van der Waals surface area contributed by atoms with Crippen LogP contribution in [0.1, 0.15) is 59.3 Å². The van der Waals surface area contributed by atoms with E-state index < -0.39 is 0 Å². The summed E-state index contributed by atoms with van der Waals surface area (Å²) in [5.74, 6) is 1.88. The highest BCUT2D eigenvalue weighted by atomic mass is 15.2. The summed E-state index contributed by atoms with van der Waals surface area (Å²) in [6.45, 7) is 11.3. The molecule has 2 rings (SSSR count).